The van der Waals surface area contributed by atoms with Crippen molar-refractivity contribution in [3.63, 3.8) is 0 Å². The lowest BCUT2D eigenvalue weighted by Gasteiger charge is -2.46. The number of benzene rings is 1. The molecule has 0 amide bonds. The zero-order valence-electron chi connectivity index (χ0n) is 14.1. The van der Waals surface area contributed by atoms with Gasteiger partial charge >= 0.3 is 0 Å². The fourth-order valence-electron chi connectivity index (χ4n) is 3.24. The Kier molecular flexibility index (Phi) is 6.29. The molecule has 21 heavy (non-hydrogen) atoms. The molecule has 1 N–H and O–H groups in total. The maximum absolute atomic E-state index is 14.4. The summed E-state index contributed by atoms with van der Waals surface area (Å²) in [6.45, 7) is 11.7. The van der Waals surface area contributed by atoms with Gasteiger partial charge in [-0.2, -0.15) is 0 Å². The summed E-state index contributed by atoms with van der Waals surface area (Å²) in [5.74, 6) is -1.48. The topological polar surface area (TPSA) is 15.3 Å². The quantitative estimate of drug-likeness (QED) is 0.817. The normalized spacial score (nSPS) is 16.0. The molecule has 0 saturated carbocycles. The molecule has 0 heterocycles. The lowest BCUT2D eigenvalue weighted by atomic mass is 9.82. The number of nitrogens with one attached hydrogen (secondary N) is 1. The Bertz CT molecular complexity index is 472. The molecular formula is C17H28F2N2. The minimum absolute atomic E-state index is 0.266. The van der Waals surface area contributed by atoms with Gasteiger partial charge in [-0.1, -0.05) is 32.9 Å². The van der Waals surface area contributed by atoms with Crippen molar-refractivity contribution in [1.82, 2.24) is 10.2 Å². The number of hydrogen-bond donors (Lipinski definition) is 1. The highest BCUT2D eigenvalue weighted by Gasteiger charge is 2.38. The Hall–Kier alpha value is -1.00. The SMILES string of the molecule is CCN(CC)C(C)(CC)C(NC)c1ccc(C)c(F)c1F. The van der Waals surface area contributed by atoms with Gasteiger partial charge < -0.3 is 5.32 Å². The van der Waals surface area contributed by atoms with Crippen molar-refractivity contribution in [2.75, 3.05) is 20.1 Å². The second kappa shape index (κ2) is 7.32. The van der Waals surface area contributed by atoms with Gasteiger partial charge in [-0.3, -0.25) is 4.90 Å². The van der Waals surface area contributed by atoms with Crippen molar-refractivity contribution < 1.29 is 8.78 Å². The second-order valence-corrected chi connectivity index (χ2v) is 5.70. The molecule has 0 fully saturated rings. The maximum atomic E-state index is 14.4. The molecule has 1 aromatic rings. The Morgan fingerprint density at radius 1 is 1.14 bits per heavy atom. The lowest BCUT2D eigenvalue weighted by Crippen LogP contribution is -2.54. The molecule has 120 valence electrons. The van der Waals surface area contributed by atoms with E-state index in [9.17, 15) is 8.78 Å². The third kappa shape index (κ3) is 3.27. The molecule has 0 aliphatic carbocycles. The van der Waals surface area contributed by atoms with Crippen LogP contribution in [0.25, 0.3) is 0 Å². The predicted octanol–water partition coefficient (Wildman–Crippen LogP) is 4.04. The van der Waals surface area contributed by atoms with Crippen LogP contribution < -0.4 is 5.32 Å². The van der Waals surface area contributed by atoms with Crippen LogP contribution in [0.1, 0.15) is 51.3 Å². The van der Waals surface area contributed by atoms with Crippen molar-refractivity contribution in [2.24, 2.45) is 0 Å². The number of halogens is 2. The first-order chi connectivity index (χ1) is 9.87. The van der Waals surface area contributed by atoms with Gasteiger partial charge in [0, 0.05) is 11.1 Å². The van der Waals surface area contributed by atoms with Gasteiger partial charge in [0.2, 0.25) is 0 Å². The number of likely N-dealkylation sites (N-methyl/N-ethyl adjacent to an activating group) is 2. The molecule has 1 rings (SSSR count). The van der Waals surface area contributed by atoms with Gasteiger partial charge in [0.05, 0.1) is 6.04 Å². The van der Waals surface area contributed by atoms with E-state index in [1.165, 1.54) is 0 Å². The Balaban J connectivity index is 3.38. The van der Waals surface area contributed by atoms with Crippen molar-refractivity contribution in [1.29, 1.82) is 0 Å². The molecule has 0 spiro atoms. The Labute approximate surface area is 127 Å². The molecule has 0 saturated heterocycles. The summed E-state index contributed by atoms with van der Waals surface area (Å²) >= 11 is 0. The summed E-state index contributed by atoms with van der Waals surface area (Å²) in [5.41, 5.74) is 0.463. The standard InChI is InChI=1S/C17H28F2N2/c1-7-17(5,21(8-2)9-3)16(20-6)13-11-10-12(4)14(18)15(13)19/h10-11,16,20H,7-9H2,1-6H3. The van der Waals surface area contributed by atoms with Crippen LogP contribution in [0, 0.1) is 18.6 Å². The third-order valence-electron chi connectivity index (χ3n) is 4.73. The number of rotatable bonds is 7. The summed E-state index contributed by atoms with van der Waals surface area (Å²) in [5, 5.41) is 3.20. The smallest absolute Gasteiger partial charge is 0.163 e. The molecule has 2 unspecified atom stereocenters. The monoisotopic (exact) mass is 298 g/mol. The van der Waals surface area contributed by atoms with Gasteiger partial charge in [-0.05, 0) is 46.0 Å². The van der Waals surface area contributed by atoms with Crippen LogP contribution in [0.3, 0.4) is 0 Å². The molecule has 0 aromatic heterocycles. The van der Waals surface area contributed by atoms with E-state index in [0.29, 0.717) is 11.1 Å². The first kappa shape index (κ1) is 18.1. The second-order valence-electron chi connectivity index (χ2n) is 5.70. The van der Waals surface area contributed by atoms with E-state index < -0.39 is 11.6 Å². The largest absolute Gasteiger partial charge is 0.311 e. The minimum atomic E-state index is -0.745. The predicted molar refractivity (Wildman–Crippen MR) is 84.5 cm³/mol. The highest BCUT2D eigenvalue weighted by atomic mass is 19.2. The third-order valence-corrected chi connectivity index (χ3v) is 4.73. The zero-order valence-corrected chi connectivity index (χ0v) is 14.1. The van der Waals surface area contributed by atoms with Gasteiger partial charge in [-0.15, -0.1) is 0 Å². The molecule has 0 bridgehead atoms. The van der Waals surface area contributed by atoms with E-state index in [2.05, 4.69) is 37.9 Å². The molecule has 0 aliphatic rings. The van der Waals surface area contributed by atoms with Gasteiger partial charge in [0.25, 0.3) is 0 Å². The van der Waals surface area contributed by atoms with Crippen LogP contribution in [-0.2, 0) is 0 Å². The van der Waals surface area contributed by atoms with Crippen molar-refractivity contribution in [2.45, 2.75) is 52.6 Å². The molecule has 0 aliphatic heterocycles. The van der Waals surface area contributed by atoms with Crippen molar-refractivity contribution in [3.8, 4) is 0 Å². The van der Waals surface area contributed by atoms with Gasteiger partial charge in [0.1, 0.15) is 0 Å². The van der Waals surface area contributed by atoms with E-state index in [0.717, 1.165) is 19.5 Å². The molecule has 2 atom stereocenters. The van der Waals surface area contributed by atoms with E-state index in [1.54, 1.807) is 26.1 Å². The maximum Gasteiger partial charge on any atom is 0.163 e. The van der Waals surface area contributed by atoms with Gasteiger partial charge in [-0.25, -0.2) is 8.78 Å². The fraction of sp³-hybridized carbons (Fsp3) is 0.647. The summed E-state index contributed by atoms with van der Waals surface area (Å²) < 4.78 is 28.3. The summed E-state index contributed by atoms with van der Waals surface area (Å²) in [6, 6.07) is 3.08. The first-order valence-electron chi connectivity index (χ1n) is 7.74. The van der Waals surface area contributed by atoms with Crippen molar-refractivity contribution in [3.05, 3.63) is 34.9 Å². The minimum Gasteiger partial charge on any atom is -0.311 e. The van der Waals surface area contributed by atoms with Crippen LogP contribution in [0.2, 0.25) is 0 Å². The van der Waals surface area contributed by atoms with Crippen LogP contribution in [0.5, 0.6) is 0 Å². The Morgan fingerprint density at radius 3 is 2.14 bits per heavy atom. The van der Waals surface area contributed by atoms with E-state index in [4.69, 9.17) is 0 Å². The summed E-state index contributed by atoms with van der Waals surface area (Å²) in [6.07, 6.45) is 0.842. The Morgan fingerprint density at radius 2 is 1.71 bits per heavy atom. The number of aryl methyl sites for hydroxylation is 1. The number of hydrogen-bond acceptors (Lipinski definition) is 2. The fourth-order valence-corrected chi connectivity index (χ4v) is 3.24. The van der Waals surface area contributed by atoms with E-state index in [-0.39, 0.29) is 11.6 Å². The number of nitrogens with zero attached hydrogens (tertiary/aromatic N) is 1. The average Bonchev–Trinajstić information content (AvgIpc) is 2.49. The zero-order chi connectivity index (χ0) is 16.2. The van der Waals surface area contributed by atoms with E-state index in [1.807, 2.05) is 0 Å². The van der Waals surface area contributed by atoms with Gasteiger partial charge in [0.15, 0.2) is 11.6 Å². The van der Waals surface area contributed by atoms with Crippen molar-refractivity contribution >= 4 is 0 Å². The highest BCUT2D eigenvalue weighted by molar-refractivity contribution is 5.30. The van der Waals surface area contributed by atoms with Crippen LogP contribution >= 0.6 is 0 Å². The lowest BCUT2D eigenvalue weighted by molar-refractivity contribution is 0.0712. The first-order valence-corrected chi connectivity index (χ1v) is 7.74. The average molecular weight is 298 g/mol. The molecule has 4 heteroatoms. The van der Waals surface area contributed by atoms with Crippen LogP contribution in [0.4, 0.5) is 8.78 Å². The highest BCUT2D eigenvalue weighted by Crippen LogP contribution is 2.36. The van der Waals surface area contributed by atoms with Crippen LogP contribution in [-0.4, -0.2) is 30.6 Å². The summed E-state index contributed by atoms with van der Waals surface area (Å²) in [4.78, 5) is 2.30. The molecule has 0 radical (unpaired) electrons. The van der Waals surface area contributed by atoms with Crippen LogP contribution in [0.15, 0.2) is 12.1 Å². The summed E-state index contributed by atoms with van der Waals surface area (Å²) in [7, 11) is 1.80. The molecule has 2 nitrogen and oxygen atoms in total. The molecular weight excluding hydrogens is 270 g/mol. The molecule has 1 aromatic carbocycles. The van der Waals surface area contributed by atoms with E-state index >= 15 is 0 Å².